The van der Waals surface area contributed by atoms with Crippen molar-refractivity contribution in [3.8, 4) is 0 Å². The summed E-state index contributed by atoms with van der Waals surface area (Å²) in [6, 6.07) is 10.3. The Kier molecular flexibility index (Phi) is 9.58. The maximum Gasteiger partial charge on any atom is 0.302 e. The predicted molar refractivity (Wildman–Crippen MR) is 80.4 cm³/mol. The van der Waals surface area contributed by atoms with Gasteiger partial charge in [0.15, 0.2) is 0 Å². The quantitative estimate of drug-likeness (QED) is 0.451. The molecule has 0 bridgehead atoms. The van der Waals surface area contributed by atoms with E-state index in [-0.39, 0.29) is 5.97 Å². The SMILES string of the molecule is CC(=O)OCCCCCCCCOCc1ccccc1. The highest BCUT2D eigenvalue weighted by Crippen LogP contribution is 2.07. The van der Waals surface area contributed by atoms with Crippen molar-refractivity contribution < 1.29 is 14.3 Å². The van der Waals surface area contributed by atoms with Crippen LogP contribution in [0.15, 0.2) is 30.3 Å². The smallest absolute Gasteiger partial charge is 0.302 e. The number of esters is 1. The van der Waals surface area contributed by atoms with E-state index >= 15 is 0 Å². The van der Waals surface area contributed by atoms with E-state index in [4.69, 9.17) is 9.47 Å². The van der Waals surface area contributed by atoms with Crippen molar-refractivity contribution in [3.05, 3.63) is 35.9 Å². The summed E-state index contributed by atoms with van der Waals surface area (Å²) in [4.78, 5) is 10.5. The Balaban J connectivity index is 1.80. The Morgan fingerprint density at radius 2 is 1.50 bits per heavy atom. The van der Waals surface area contributed by atoms with Crippen molar-refractivity contribution >= 4 is 5.97 Å². The number of hydrogen-bond acceptors (Lipinski definition) is 3. The molecule has 0 radical (unpaired) electrons. The third kappa shape index (κ3) is 9.56. The van der Waals surface area contributed by atoms with E-state index in [1.807, 2.05) is 18.2 Å². The summed E-state index contributed by atoms with van der Waals surface area (Å²) in [5.41, 5.74) is 1.23. The maximum atomic E-state index is 10.5. The normalized spacial score (nSPS) is 10.4. The van der Waals surface area contributed by atoms with E-state index in [1.54, 1.807) is 0 Å². The first-order valence-electron chi connectivity index (χ1n) is 7.54. The maximum absolute atomic E-state index is 10.5. The largest absolute Gasteiger partial charge is 0.466 e. The standard InChI is InChI=1S/C17H26O3/c1-16(18)20-14-10-5-3-2-4-9-13-19-15-17-11-7-6-8-12-17/h6-8,11-12H,2-5,9-10,13-15H2,1H3. The van der Waals surface area contributed by atoms with E-state index in [1.165, 1.54) is 31.7 Å². The van der Waals surface area contributed by atoms with Crippen LogP contribution in [0.3, 0.4) is 0 Å². The molecular weight excluding hydrogens is 252 g/mol. The van der Waals surface area contributed by atoms with Crippen molar-refractivity contribution in [2.24, 2.45) is 0 Å². The molecule has 1 aromatic rings. The van der Waals surface area contributed by atoms with Crippen LogP contribution in [0.4, 0.5) is 0 Å². The van der Waals surface area contributed by atoms with Gasteiger partial charge in [-0.05, 0) is 18.4 Å². The molecule has 3 nitrogen and oxygen atoms in total. The number of hydrogen-bond donors (Lipinski definition) is 0. The van der Waals surface area contributed by atoms with E-state index in [9.17, 15) is 4.79 Å². The van der Waals surface area contributed by atoms with Gasteiger partial charge in [-0.3, -0.25) is 4.79 Å². The molecule has 0 heterocycles. The summed E-state index contributed by atoms with van der Waals surface area (Å²) in [5.74, 6) is -0.180. The Bertz CT molecular complexity index is 349. The number of carbonyl (C=O) groups is 1. The van der Waals surface area contributed by atoms with Gasteiger partial charge in [-0.25, -0.2) is 0 Å². The molecule has 0 amide bonds. The van der Waals surface area contributed by atoms with Gasteiger partial charge in [0.25, 0.3) is 0 Å². The summed E-state index contributed by atoms with van der Waals surface area (Å²) in [5, 5.41) is 0. The minimum Gasteiger partial charge on any atom is -0.466 e. The highest BCUT2D eigenvalue weighted by molar-refractivity contribution is 5.65. The van der Waals surface area contributed by atoms with Gasteiger partial charge in [0.2, 0.25) is 0 Å². The van der Waals surface area contributed by atoms with Crippen molar-refractivity contribution in [1.29, 1.82) is 0 Å². The molecule has 0 aromatic heterocycles. The molecule has 0 saturated carbocycles. The van der Waals surface area contributed by atoms with Crippen LogP contribution in [0.25, 0.3) is 0 Å². The fourth-order valence-electron chi connectivity index (χ4n) is 1.99. The lowest BCUT2D eigenvalue weighted by molar-refractivity contribution is -0.141. The highest BCUT2D eigenvalue weighted by atomic mass is 16.5. The molecule has 0 unspecified atom stereocenters. The number of rotatable bonds is 11. The average molecular weight is 278 g/mol. The number of carbonyl (C=O) groups excluding carboxylic acids is 1. The third-order valence-corrected chi connectivity index (χ3v) is 3.10. The average Bonchev–Trinajstić information content (AvgIpc) is 2.45. The first-order chi connectivity index (χ1) is 9.79. The van der Waals surface area contributed by atoms with Crippen LogP contribution < -0.4 is 0 Å². The van der Waals surface area contributed by atoms with Gasteiger partial charge in [-0.2, -0.15) is 0 Å². The van der Waals surface area contributed by atoms with Crippen LogP contribution in [0.5, 0.6) is 0 Å². The minimum absolute atomic E-state index is 0.180. The Morgan fingerprint density at radius 3 is 2.15 bits per heavy atom. The topological polar surface area (TPSA) is 35.5 Å². The summed E-state index contributed by atoms with van der Waals surface area (Å²) in [6.07, 6.45) is 6.89. The first kappa shape index (κ1) is 16.7. The molecule has 0 N–H and O–H groups in total. The zero-order valence-electron chi connectivity index (χ0n) is 12.5. The van der Waals surface area contributed by atoms with Crippen molar-refractivity contribution in [3.63, 3.8) is 0 Å². The summed E-state index contributed by atoms with van der Waals surface area (Å²) in [7, 11) is 0. The van der Waals surface area contributed by atoms with Gasteiger partial charge >= 0.3 is 5.97 Å². The molecule has 0 saturated heterocycles. The first-order valence-corrected chi connectivity index (χ1v) is 7.54. The second-order valence-electron chi connectivity index (χ2n) is 5.00. The zero-order valence-corrected chi connectivity index (χ0v) is 12.5. The molecule has 1 aromatic carbocycles. The van der Waals surface area contributed by atoms with Crippen molar-refractivity contribution in [1.82, 2.24) is 0 Å². The summed E-state index contributed by atoms with van der Waals surface area (Å²) in [6.45, 7) is 3.57. The van der Waals surface area contributed by atoms with Crippen LogP contribution in [-0.4, -0.2) is 19.2 Å². The molecule has 0 aliphatic carbocycles. The van der Waals surface area contributed by atoms with Crippen LogP contribution in [0, 0.1) is 0 Å². The fraction of sp³-hybridized carbons (Fsp3) is 0.588. The van der Waals surface area contributed by atoms with E-state index in [2.05, 4.69) is 12.1 Å². The lowest BCUT2D eigenvalue weighted by Gasteiger charge is -2.05. The zero-order chi connectivity index (χ0) is 14.5. The fourth-order valence-corrected chi connectivity index (χ4v) is 1.99. The Morgan fingerprint density at radius 1 is 0.900 bits per heavy atom. The molecule has 3 heteroatoms. The van der Waals surface area contributed by atoms with Crippen LogP contribution in [0.2, 0.25) is 0 Å². The monoisotopic (exact) mass is 278 g/mol. The summed E-state index contributed by atoms with van der Waals surface area (Å²) >= 11 is 0. The van der Waals surface area contributed by atoms with Crippen molar-refractivity contribution in [2.45, 2.75) is 52.1 Å². The molecule has 0 spiro atoms. The second kappa shape index (κ2) is 11.5. The van der Waals surface area contributed by atoms with Crippen LogP contribution in [-0.2, 0) is 20.9 Å². The Hall–Kier alpha value is -1.35. The van der Waals surface area contributed by atoms with Gasteiger partial charge < -0.3 is 9.47 Å². The predicted octanol–water partition coefficient (Wildman–Crippen LogP) is 4.11. The molecule has 0 aliphatic rings. The molecule has 20 heavy (non-hydrogen) atoms. The molecular formula is C17H26O3. The van der Waals surface area contributed by atoms with E-state index in [0.29, 0.717) is 13.2 Å². The molecule has 0 fully saturated rings. The van der Waals surface area contributed by atoms with Crippen molar-refractivity contribution in [2.75, 3.05) is 13.2 Å². The number of benzene rings is 1. The van der Waals surface area contributed by atoms with Gasteiger partial charge in [-0.15, -0.1) is 0 Å². The van der Waals surface area contributed by atoms with Crippen LogP contribution >= 0.6 is 0 Å². The molecule has 112 valence electrons. The highest BCUT2D eigenvalue weighted by Gasteiger charge is 1.95. The molecule has 0 atom stereocenters. The van der Waals surface area contributed by atoms with E-state index < -0.39 is 0 Å². The Labute approximate surface area is 122 Å². The van der Waals surface area contributed by atoms with Gasteiger partial charge in [-0.1, -0.05) is 56.0 Å². The second-order valence-corrected chi connectivity index (χ2v) is 5.00. The third-order valence-electron chi connectivity index (χ3n) is 3.10. The van der Waals surface area contributed by atoms with Gasteiger partial charge in [0, 0.05) is 13.5 Å². The molecule has 0 aliphatic heterocycles. The van der Waals surface area contributed by atoms with Gasteiger partial charge in [0.05, 0.1) is 13.2 Å². The van der Waals surface area contributed by atoms with E-state index in [0.717, 1.165) is 25.9 Å². The number of unbranched alkanes of at least 4 members (excludes halogenated alkanes) is 5. The lowest BCUT2D eigenvalue weighted by atomic mass is 10.1. The lowest BCUT2D eigenvalue weighted by Crippen LogP contribution is -2.00. The minimum atomic E-state index is -0.180. The molecule has 1 rings (SSSR count). The summed E-state index contributed by atoms with van der Waals surface area (Å²) < 4.78 is 10.5. The number of ether oxygens (including phenoxy) is 2. The van der Waals surface area contributed by atoms with Gasteiger partial charge in [0.1, 0.15) is 0 Å². The van der Waals surface area contributed by atoms with Crippen LogP contribution in [0.1, 0.15) is 51.0 Å².